The fourth-order valence-corrected chi connectivity index (χ4v) is 0. The van der Waals surface area contributed by atoms with Crippen LogP contribution < -0.4 is 0 Å². The van der Waals surface area contributed by atoms with E-state index in [-0.39, 0.29) is 28.4 Å². The lowest BCUT2D eigenvalue weighted by molar-refractivity contribution is 0.216. The molecule has 0 aliphatic rings. The number of hydrogen-bond donors (Lipinski definition) is 1. The highest BCUT2D eigenvalue weighted by Gasteiger charge is 1.69. The third-order valence-corrected chi connectivity index (χ3v) is 0. The summed E-state index contributed by atoms with van der Waals surface area (Å²) < 4.78 is 0. The Morgan fingerprint density at radius 3 is 1.00 bits per heavy atom. The second kappa shape index (κ2) is 36.2. The van der Waals surface area contributed by atoms with Crippen LogP contribution in [0.5, 0.6) is 0 Å². The van der Waals surface area contributed by atoms with Gasteiger partial charge in [0.15, 0.2) is 0 Å². The molecule has 70 valence electrons. The first kappa shape index (κ1) is 32.5. The molecule has 0 unspecified atom stereocenters. The van der Waals surface area contributed by atoms with Crippen molar-refractivity contribution in [3.05, 3.63) is 0 Å². The summed E-state index contributed by atoms with van der Waals surface area (Å²) in [5, 5.41) is 8.06. The predicted molar refractivity (Wildman–Crippen MR) is 53.5 cm³/mol. The largest absolute Gasteiger partial charge is 0.394 e. The first-order valence-corrected chi connectivity index (χ1v) is 2.83. The third-order valence-electron chi connectivity index (χ3n) is 0. The van der Waals surface area contributed by atoms with Gasteiger partial charge in [-0.3, -0.25) is 0 Å². The van der Waals surface area contributed by atoms with E-state index >= 15 is 0 Å². The summed E-state index contributed by atoms with van der Waals surface area (Å²) in [5.41, 5.74) is 0. The second-order valence-corrected chi connectivity index (χ2v) is 1.80. The molecule has 1 N–H and O–H groups in total. The van der Waals surface area contributed by atoms with Crippen LogP contribution in [0.25, 0.3) is 0 Å². The maximum Gasteiger partial charge on any atom is 0.0483 e. The Bertz CT molecular complexity index is 15.9. The monoisotopic (exact) mass is 152 g/mol. The number of hydrogen-bond acceptors (Lipinski definition) is 1. The van der Waals surface area contributed by atoms with Crippen LogP contribution >= 0.6 is 0 Å². The Morgan fingerprint density at radius 1 is 1.00 bits per heavy atom. The standard InChI is InChI=1S/C3H8O.C3H8.3CH4/c1-3(2)4;1-3-2;;;/h3-4H,1-2H3;3H2,1-2H3;3*1H4. The lowest BCUT2D eigenvalue weighted by Crippen LogP contribution is -1.85. The number of aliphatic hydroxyl groups excluding tert-OH is 1. The molecule has 0 atom stereocenters. The minimum Gasteiger partial charge on any atom is -0.394 e. The molecule has 0 amide bonds. The lowest BCUT2D eigenvalue weighted by atomic mass is 10.5. The molecule has 0 aromatic carbocycles. The molecule has 0 aliphatic carbocycles. The fourth-order valence-electron chi connectivity index (χ4n) is 0. The van der Waals surface area contributed by atoms with Gasteiger partial charge in [-0.15, -0.1) is 0 Å². The second-order valence-electron chi connectivity index (χ2n) is 1.80. The van der Waals surface area contributed by atoms with E-state index in [4.69, 9.17) is 5.11 Å². The van der Waals surface area contributed by atoms with Crippen molar-refractivity contribution >= 4 is 0 Å². The number of rotatable bonds is 0. The predicted octanol–water partition coefficient (Wildman–Crippen LogP) is 3.71. The quantitative estimate of drug-likeness (QED) is 0.561. The zero-order valence-electron chi connectivity index (χ0n) is 5.73. The van der Waals surface area contributed by atoms with Crippen LogP contribution in [0, 0.1) is 0 Å². The van der Waals surface area contributed by atoms with Gasteiger partial charge in [0, 0.05) is 6.10 Å². The Hall–Kier alpha value is -0.0400. The highest BCUT2D eigenvalue weighted by Crippen LogP contribution is 1.65. The van der Waals surface area contributed by atoms with E-state index in [1.165, 1.54) is 6.42 Å². The number of aliphatic hydroxyl groups is 1. The molecule has 0 rings (SSSR count). The Morgan fingerprint density at radius 2 is 1.00 bits per heavy atom. The van der Waals surface area contributed by atoms with Crippen molar-refractivity contribution < 1.29 is 5.11 Å². The van der Waals surface area contributed by atoms with Crippen molar-refractivity contribution in [2.45, 2.75) is 62.5 Å². The molecule has 0 saturated heterocycles. The summed E-state index contributed by atoms with van der Waals surface area (Å²) in [6, 6.07) is 0. The molecule has 0 bridgehead atoms. The van der Waals surface area contributed by atoms with E-state index in [1.807, 2.05) is 0 Å². The highest BCUT2D eigenvalue weighted by molar-refractivity contribution is 4.20. The van der Waals surface area contributed by atoms with Gasteiger partial charge in [0.25, 0.3) is 0 Å². The molecule has 0 heterocycles. The van der Waals surface area contributed by atoms with Crippen molar-refractivity contribution in [2.24, 2.45) is 0 Å². The fraction of sp³-hybridized carbons (Fsp3) is 1.00. The van der Waals surface area contributed by atoms with E-state index in [2.05, 4.69) is 13.8 Å². The van der Waals surface area contributed by atoms with Crippen molar-refractivity contribution in [3.63, 3.8) is 0 Å². The van der Waals surface area contributed by atoms with Gasteiger partial charge in [-0.05, 0) is 13.8 Å². The Kier molecular flexibility index (Phi) is 118. The summed E-state index contributed by atoms with van der Waals surface area (Å²) >= 11 is 0. The lowest BCUT2D eigenvalue weighted by Gasteiger charge is -1.80. The van der Waals surface area contributed by atoms with Crippen molar-refractivity contribution in [2.75, 3.05) is 0 Å². The minimum atomic E-state index is -0.167. The van der Waals surface area contributed by atoms with E-state index < -0.39 is 0 Å². The molecule has 1 nitrogen and oxygen atoms in total. The molecule has 0 radical (unpaired) electrons. The first-order chi connectivity index (χ1) is 3.15. The van der Waals surface area contributed by atoms with Crippen LogP contribution in [-0.2, 0) is 0 Å². The van der Waals surface area contributed by atoms with Gasteiger partial charge in [0.2, 0.25) is 0 Å². The minimum absolute atomic E-state index is 0. The van der Waals surface area contributed by atoms with Crippen LogP contribution in [0.4, 0.5) is 0 Å². The zero-order chi connectivity index (χ0) is 6.28. The molecule has 0 aliphatic heterocycles. The van der Waals surface area contributed by atoms with Crippen LogP contribution in [0.3, 0.4) is 0 Å². The Labute approximate surface area is 68.5 Å². The normalized spacial score (nSPS) is 5.40. The van der Waals surface area contributed by atoms with E-state index in [1.54, 1.807) is 13.8 Å². The van der Waals surface area contributed by atoms with E-state index in [0.717, 1.165) is 0 Å². The van der Waals surface area contributed by atoms with Gasteiger partial charge in [-0.25, -0.2) is 0 Å². The molecule has 1 heteroatoms. The first-order valence-electron chi connectivity index (χ1n) is 2.83. The van der Waals surface area contributed by atoms with Crippen LogP contribution in [0.2, 0.25) is 0 Å². The molecule has 0 aromatic heterocycles. The SMILES string of the molecule is C.C.C.CC(C)O.CCC. The van der Waals surface area contributed by atoms with E-state index in [0.29, 0.717) is 0 Å². The van der Waals surface area contributed by atoms with Gasteiger partial charge in [0.1, 0.15) is 0 Å². The molecule has 10 heavy (non-hydrogen) atoms. The average Bonchev–Trinajstić information content (AvgIpc) is 1.33. The van der Waals surface area contributed by atoms with Crippen molar-refractivity contribution in [1.29, 1.82) is 0 Å². The average molecular weight is 152 g/mol. The summed E-state index contributed by atoms with van der Waals surface area (Å²) in [5.74, 6) is 0. The van der Waals surface area contributed by atoms with Gasteiger partial charge >= 0.3 is 0 Å². The van der Waals surface area contributed by atoms with Gasteiger partial charge in [-0.2, -0.15) is 0 Å². The molecule has 0 saturated carbocycles. The molecular formula is C9H28O. The summed E-state index contributed by atoms with van der Waals surface area (Å²) in [7, 11) is 0. The van der Waals surface area contributed by atoms with Crippen molar-refractivity contribution in [3.8, 4) is 0 Å². The van der Waals surface area contributed by atoms with Gasteiger partial charge in [-0.1, -0.05) is 42.5 Å². The summed E-state index contributed by atoms with van der Waals surface area (Å²) in [6.07, 6.45) is 1.08. The maximum atomic E-state index is 8.06. The Balaban J connectivity index is -0.0000000131. The topological polar surface area (TPSA) is 20.2 Å². The van der Waals surface area contributed by atoms with E-state index in [9.17, 15) is 0 Å². The molecule has 0 aromatic rings. The van der Waals surface area contributed by atoms with Gasteiger partial charge < -0.3 is 5.11 Å². The van der Waals surface area contributed by atoms with Crippen LogP contribution in [-0.4, -0.2) is 11.2 Å². The summed E-state index contributed by atoms with van der Waals surface area (Å²) in [4.78, 5) is 0. The van der Waals surface area contributed by atoms with Crippen molar-refractivity contribution in [1.82, 2.24) is 0 Å². The van der Waals surface area contributed by atoms with Crippen LogP contribution in [0.15, 0.2) is 0 Å². The van der Waals surface area contributed by atoms with Crippen LogP contribution in [0.1, 0.15) is 56.4 Å². The molecular weight excluding hydrogens is 124 g/mol. The highest BCUT2D eigenvalue weighted by atomic mass is 16.3. The maximum absolute atomic E-state index is 8.06. The molecule has 0 spiro atoms. The summed E-state index contributed by atoms with van der Waals surface area (Å²) in [6.45, 7) is 7.69. The zero-order valence-corrected chi connectivity index (χ0v) is 5.73. The van der Waals surface area contributed by atoms with Gasteiger partial charge in [0.05, 0.1) is 0 Å². The molecule has 0 fully saturated rings. The smallest absolute Gasteiger partial charge is 0.0483 e. The third kappa shape index (κ3) is 241000.